The van der Waals surface area contributed by atoms with Crippen molar-refractivity contribution >= 4 is 21.9 Å². The van der Waals surface area contributed by atoms with E-state index in [9.17, 15) is 0 Å². The molecule has 2 heterocycles. The Hall–Kier alpha value is -2.92. The van der Waals surface area contributed by atoms with Gasteiger partial charge in [0.2, 0.25) is 0 Å². The molecule has 6 atom stereocenters. The topological polar surface area (TPSA) is 77.6 Å². The highest BCUT2D eigenvalue weighted by molar-refractivity contribution is 5.96. The van der Waals surface area contributed by atoms with Crippen LogP contribution in [-0.2, 0) is 0 Å². The van der Waals surface area contributed by atoms with Crippen molar-refractivity contribution in [2.24, 2.45) is 29.4 Å². The maximum absolute atomic E-state index is 6.65. The minimum absolute atomic E-state index is 0.303. The lowest BCUT2D eigenvalue weighted by Crippen LogP contribution is -2.56. The zero-order valence-corrected chi connectivity index (χ0v) is 17.4. The summed E-state index contributed by atoms with van der Waals surface area (Å²) < 4.78 is 0. The molecule has 4 saturated carbocycles. The second-order valence-corrected chi connectivity index (χ2v) is 9.81. The highest BCUT2D eigenvalue weighted by Gasteiger charge is 2.53. The van der Waals surface area contributed by atoms with Crippen molar-refractivity contribution in [1.29, 1.82) is 0 Å². The van der Waals surface area contributed by atoms with E-state index in [4.69, 9.17) is 25.7 Å². The maximum atomic E-state index is 6.65. The predicted octanol–water partition coefficient (Wildman–Crippen LogP) is 4.72. The van der Waals surface area contributed by atoms with Crippen molar-refractivity contribution in [1.82, 2.24) is 19.9 Å². The lowest BCUT2D eigenvalue weighted by molar-refractivity contribution is -0.0236. The Morgan fingerprint density at radius 3 is 2.65 bits per heavy atom. The minimum Gasteiger partial charge on any atom is -0.327 e. The zero-order valence-electron chi connectivity index (χ0n) is 17.4. The van der Waals surface area contributed by atoms with E-state index in [2.05, 4.69) is 42.5 Å². The summed E-state index contributed by atoms with van der Waals surface area (Å²) in [4.78, 5) is 19.3. The Bertz CT molecular complexity index is 1310. The molecule has 2 aromatic heterocycles. The summed E-state index contributed by atoms with van der Waals surface area (Å²) in [6.07, 6.45) is 8.86. The van der Waals surface area contributed by atoms with Crippen LogP contribution in [0.4, 0.5) is 0 Å². The normalized spacial score (nSPS) is 31.5. The van der Waals surface area contributed by atoms with Gasteiger partial charge in [-0.3, -0.25) is 0 Å². The first-order valence-corrected chi connectivity index (χ1v) is 11.5. The van der Waals surface area contributed by atoms with Crippen molar-refractivity contribution in [2.45, 2.75) is 37.6 Å². The predicted molar refractivity (Wildman–Crippen MR) is 121 cm³/mol. The molecule has 4 fully saturated rings. The zero-order chi connectivity index (χ0) is 20.5. The van der Waals surface area contributed by atoms with Crippen molar-refractivity contribution in [3.05, 3.63) is 60.7 Å². The maximum Gasteiger partial charge on any atom is 0.181 e. The third kappa shape index (κ3) is 2.66. The van der Waals surface area contributed by atoms with E-state index in [-0.39, 0.29) is 0 Å². The highest BCUT2D eigenvalue weighted by atomic mass is 15.0. The van der Waals surface area contributed by atoms with Crippen LogP contribution in [0.5, 0.6) is 0 Å². The molecule has 0 radical (unpaired) electrons. The molecule has 8 rings (SSSR count). The molecule has 0 spiro atoms. The van der Waals surface area contributed by atoms with Gasteiger partial charge in [-0.05, 0) is 60.1 Å². The van der Waals surface area contributed by atoms with E-state index < -0.39 is 0 Å². The number of rotatable bonds is 2. The number of nitrogens with two attached hydrogens (primary N) is 1. The SMILES string of the molecule is NC1C2CC3CC(C2)C(c2ncc4nc(-c5cccc6ccccc56)cnc4n2)C1C3. The lowest BCUT2D eigenvalue weighted by Gasteiger charge is -2.56. The molecule has 154 valence electrons. The molecule has 6 unspecified atom stereocenters. The Kier molecular flexibility index (Phi) is 3.74. The first-order chi connectivity index (χ1) is 15.2. The quantitative estimate of drug-likeness (QED) is 0.520. The summed E-state index contributed by atoms with van der Waals surface area (Å²) >= 11 is 0. The largest absolute Gasteiger partial charge is 0.327 e. The molecule has 2 aromatic carbocycles. The van der Waals surface area contributed by atoms with Crippen molar-refractivity contribution < 1.29 is 0 Å². The summed E-state index contributed by atoms with van der Waals surface area (Å²) in [7, 11) is 0. The van der Waals surface area contributed by atoms with Crippen LogP contribution < -0.4 is 5.73 Å². The van der Waals surface area contributed by atoms with E-state index in [1.165, 1.54) is 36.5 Å². The van der Waals surface area contributed by atoms with Gasteiger partial charge in [0.05, 0.1) is 18.1 Å². The van der Waals surface area contributed by atoms with Crippen molar-refractivity contribution in [3.8, 4) is 11.3 Å². The van der Waals surface area contributed by atoms with Gasteiger partial charge >= 0.3 is 0 Å². The first-order valence-electron chi connectivity index (χ1n) is 11.5. The van der Waals surface area contributed by atoms with Crippen LogP contribution in [0.1, 0.15) is 37.4 Å². The molecular formula is C26H25N5. The Morgan fingerprint density at radius 1 is 0.806 bits per heavy atom. The van der Waals surface area contributed by atoms with E-state index in [0.29, 0.717) is 35.4 Å². The molecule has 4 aromatic rings. The molecule has 31 heavy (non-hydrogen) atoms. The van der Waals surface area contributed by atoms with Crippen molar-refractivity contribution in [2.75, 3.05) is 0 Å². The molecule has 4 bridgehead atoms. The Labute approximate surface area is 181 Å². The van der Waals surface area contributed by atoms with Gasteiger partial charge in [-0.1, -0.05) is 42.5 Å². The standard InChI is InChI=1S/C26H25N5/c27-24-17-9-14-8-16(11-17)23(20(24)10-14)26-29-13-22-25(31-26)28-12-21(30-22)19-7-3-5-15-4-1-2-6-18(15)19/h1-7,12-14,16-17,20,23-24H,8-11,27H2. The first kappa shape index (κ1) is 17.7. The second-order valence-electron chi connectivity index (χ2n) is 9.81. The van der Waals surface area contributed by atoms with Crippen molar-refractivity contribution in [3.63, 3.8) is 0 Å². The Morgan fingerprint density at radius 2 is 1.68 bits per heavy atom. The number of nitrogens with zero attached hydrogens (tertiary/aromatic N) is 4. The number of hydrogen-bond donors (Lipinski definition) is 1. The molecule has 0 amide bonds. The average molecular weight is 408 g/mol. The van der Waals surface area contributed by atoms with Gasteiger partial charge in [0, 0.05) is 17.5 Å². The van der Waals surface area contributed by atoms with Crippen LogP contribution in [-0.4, -0.2) is 26.0 Å². The van der Waals surface area contributed by atoms with Crippen LogP contribution in [0, 0.1) is 23.7 Å². The van der Waals surface area contributed by atoms with E-state index >= 15 is 0 Å². The highest BCUT2D eigenvalue weighted by Crippen LogP contribution is 2.58. The molecule has 5 nitrogen and oxygen atoms in total. The van der Waals surface area contributed by atoms with Crippen LogP contribution in [0.25, 0.3) is 33.2 Å². The number of fused-ring (bicyclic) bond motifs is 2. The summed E-state index contributed by atoms with van der Waals surface area (Å²) in [5.74, 6) is 4.10. The van der Waals surface area contributed by atoms with Crippen LogP contribution in [0.2, 0.25) is 0 Å². The summed E-state index contributed by atoms with van der Waals surface area (Å²) in [5, 5.41) is 2.38. The number of hydrogen-bond acceptors (Lipinski definition) is 5. The smallest absolute Gasteiger partial charge is 0.181 e. The molecule has 0 saturated heterocycles. The van der Waals surface area contributed by atoms with Gasteiger partial charge < -0.3 is 5.73 Å². The van der Waals surface area contributed by atoms with E-state index in [1.807, 2.05) is 12.4 Å². The summed E-state index contributed by atoms with van der Waals surface area (Å²) in [6, 6.07) is 15.0. The van der Waals surface area contributed by atoms with Crippen LogP contribution >= 0.6 is 0 Å². The minimum atomic E-state index is 0.303. The van der Waals surface area contributed by atoms with Gasteiger partial charge in [-0.2, -0.15) is 0 Å². The van der Waals surface area contributed by atoms with Gasteiger partial charge in [-0.25, -0.2) is 19.9 Å². The third-order valence-corrected chi connectivity index (χ3v) is 8.17. The monoisotopic (exact) mass is 407 g/mol. The molecule has 0 aliphatic heterocycles. The molecular weight excluding hydrogens is 382 g/mol. The number of aromatic nitrogens is 4. The fourth-order valence-corrected chi connectivity index (χ4v) is 6.94. The Balaban J connectivity index is 1.28. The molecule has 4 aliphatic carbocycles. The average Bonchev–Trinajstić information content (AvgIpc) is 2.81. The van der Waals surface area contributed by atoms with Crippen LogP contribution in [0.3, 0.4) is 0 Å². The second kappa shape index (κ2) is 6.54. The fourth-order valence-electron chi connectivity index (χ4n) is 6.94. The van der Waals surface area contributed by atoms with Gasteiger partial charge in [0.1, 0.15) is 11.3 Å². The summed E-state index contributed by atoms with van der Waals surface area (Å²) in [6.45, 7) is 0. The van der Waals surface area contributed by atoms with E-state index in [0.717, 1.165) is 28.5 Å². The van der Waals surface area contributed by atoms with E-state index in [1.54, 1.807) is 0 Å². The van der Waals surface area contributed by atoms with Gasteiger partial charge in [0.15, 0.2) is 5.65 Å². The fraction of sp³-hybridized carbons (Fsp3) is 0.385. The number of benzene rings is 2. The molecule has 2 N–H and O–H groups in total. The lowest BCUT2D eigenvalue weighted by atomic mass is 9.50. The van der Waals surface area contributed by atoms with Crippen LogP contribution in [0.15, 0.2) is 54.9 Å². The summed E-state index contributed by atoms with van der Waals surface area (Å²) in [5.41, 5.74) is 10.0. The third-order valence-electron chi connectivity index (χ3n) is 8.17. The van der Waals surface area contributed by atoms with Gasteiger partial charge in [-0.15, -0.1) is 0 Å². The van der Waals surface area contributed by atoms with Gasteiger partial charge in [0.25, 0.3) is 0 Å². The molecule has 5 heteroatoms. The molecule has 4 aliphatic rings.